The van der Waals surface area contributed by atoms with Crippen molar-refractivity contribution in [3.63, 3.8) is 0 Å². The highest BCUT2D eigenvalue weighted by atomic mass is 14.6. The quantitative estimate of drug-likeness (QED) is 0.714. The van der Waals surface area contributed by atoms with Crippen LogP contribution >= 0.6 is 0 Å². The largest absolute Gasteiger partial charge is 0.328 e. The molecule has 0 heterocycles. The van der Waals surface area contributed by atoms with E-state index in [-0.39, 0.29) is 0 Å². The molecule has 1 nitrogen and oxygen atoms in total. The van der Waals surface area contributed by atoms with Crippen molar-refractivity contribution < 1.29 is 0 Å². The van der Waals surface area contributed by atoms with E-state index in [1.165, 1.54) is 32.1 Å². The molecule has 0 spiro atoms. The Bertz CT molecular complexity index is 142. The molecule has 1 saturated carbocycles. The van der Waals surface area contributed by atoms with Gasteiger partial charge < -0.3 is 5.73 Å². The molecule has 1 rings (SSSR count). The third-order valence-electron chi connectivity index (χ3n) is 3.60. The van der Waals surface area contributed by atoms with Gasteiger partial charge in [0.2, 0.25) is 0 Å². The summed E-state index contributed by atoms with van der Waals surface area (Å²) in [4.78, 5) is 0. The second-order valence-corrected chi connectivity index (χ2v) is 5.03. The van der Waals surface area contributed by atoms with Gasteiger partial charge in [-0.1, -0.05) is 33.6 Å². The first-order valence-corrected chi connectivity index (χ1v) is 5.90. The van der Waals surface area contributed by atoms with Crippen molar-refractivity contribution in [3.8, 4) is 0 Å². The van der Waals surface area contributed by atoms with Gasteiger partial charge in [-0.2, -0.15) is 0 Å². The van der Waals surface area contributed by atoms with Crippen LogP contribution in [0.4, 0.5) is 0 Å². The third kappa shape index (κ3) is 2.98. The summed E-state index contributed by atoms with van der Waals surface area (Å²) in [6.07, 6.45) is 6.60. The van der Waals surface area contributed by atoms with Crippen LogP contribution in [0.1, 0.15) is 52.9 Å². The maximum Gasteiger partial charge on any atom is 0.00416 e. The fourth-order valence-electron chi connectivity index (χ4n) is 2.90. The van der Waals surface area contributed by atoms with Crippen LogP contribution in [0, 0.1) is 17.8 Å². The molecule has 3 unspecified atom stereocenters. The molecule has 1 heteroatoms. The zero-order chi connectivity index (χ0) is 9.84. The molecular formula is C12H25N. The lowest BCUT2D eigenvalue weighted by Crippen LogP contribution is -2.35. The lowest BCUT2D eigenvalue weighted by Gasteiger charge is -2.37. The van der Waals surface area contributed by atoms with Gasteiger partial charge in [-0.15, -0.1) is 0 Å². The van der Waals surface area contributed by atoms with Gasteiger partial charge in [0.05, 0.1) is 0 Å². The molecule has 0 aromatic carbocycles. The Labute approximate surface area is 83.1 Å². The van der Waals surface area contributed by atoms with Crippen molar-refractivity contribution in [2.45, 2.75) is 58.9 Å². The van der Waals surface area contributed by atoms with Crippen molar-refractivity contribution in [1.29, 1.82) is 0 Å². The van der Waals surface area contributed by atoms with Crippen LogP contribution in [0.2, 0.25) is 0 Å². The summed E-state index contributed by atoms with van der Waals surface area (Å²) in [5.74, 6) is 2.71. The fourth-order valence-corrected chi connectivity index (χ4v) is 2.90. The molecule has 3 atom stereocenters. The van der Waals surface area contributed by atoms with Gasteiger partial charge in [-0.25, -0.2) is 0 Å². The summed E-state index contributed by atoms with van der Waals surface area (Å²) < 4.78 is 0. The normalized spacial score (nSPS) is 35.3. The van der Waals surface area contributed by atoms with Gasteiger partial charge in [-0.05, 0) is 37.0 Å². The lowest BCUT2D eigenvalue weighted by atomic mass is 9.70. The Morgan fingerprint density at radius 3 is 2.54 bits per heavy atom. The van der Waals surface area contributed by atoms with Crippen LogP contribution < -0.4 is 5.73 Å². The highest BCUT2D eigenvalue weighted by molar-refractivity contribution is 4.83. The molecular weight excluding hydrogens is 158 g/mol. The predicted molar refractivity (Wildman–Crippen MR) is 58.6 cm³/mol. The summed E-state index contributed by atoms with van der Waals surface area (Å²) in [5, 5.41) is 0. The monoisotopic (exact) mass is 183 g/mol. The lowest BCUT2D eigenvalue weighted by molar-refractivity contribution is 0.155. The van der Waals surface area contributed by atoms with Crippen molar-refractivity contribution in [1.82, 2.24) is 0 Å². The summed E-state index contributed by atoms with van der Waals surface area (Å²) in [5.41, 5.74) is 6.02. The minimum atomic E-state index is 0.492. The zero-order valence-electron chi connectivity index (χ0n) is 9.42. The van der Waals surface area contributed by atoms with E-state index in [2.05, 4.69) is 20.8 Å². The molecule has 0 amide bonds. The SMILES string of the molecule is CCCC1CC(N)CCC1C(C)C. The molecule has 0 aliphatic heterocycles. The van der Waals surface area contributed by atoms with Crippen molar-refractivity contribution in [2.75, 3.05) is 0 Å². The molecule has 0 saturated heterocycles. The van der Waals surface area contributed by atoms with Crippen LogP contribution in [-0.2, 0) is 0 Å². The van der Waals surface area contributed by atoms with E-state index in [0.29, 0.717) is 6.04 Å². The number of hydrogen-bond acceptors (Lipinski definition) is 1. The zero-order valence-corrected chi connectivity index (χ0v) is 9.42. The minimum Gasteiger partial charge on any atom is -0.328 e. The first-order valence-electron chi connectivity index (χ1n) is 5.90. The minimum absolute atomic E-state index is 0.492. The third-order valence-corrected chi connectivity index (χ3v) is 3.60. The second kappa shape index (κ2) is 4.99. The average Bonchev–Trinajstić information content (AvgIpc) is 2.04. The Balaban J connectivity index is 2.50. The van der Waals surface area contributed by atoms with E-state index in [9.17, 15) is 0 Å². The molecule has 0 bridgehead atoms. The molecule has 13 heavy (non-hydrogen) atoms. The highest BCUT2D eigenvalue weighted by Gasteiger charge is 2.29. The van der Waals surface area contributed by atoms with E-state index >= 15 is 0 Å². The van der Waals surface area contributed by atoms with Crippen LogP contribution in [0.15, 0.2) is 0 Å². The first-order chi connectivity index (χ1) is 6.15. The van der Waals surface area contributed by atoms with Gasteiger partial charge >= 0.3 is 0 Å². The van der Waals surface area contributed by atoms with E-state index < -0.39 is 0 Å². The molecule has 1 fully saturated rings. The summed E-state index contributed by atoms with van der Waals surface area (Å²) >= 11 is 0. The highest BCUT2D eigenvalue weighted by Crippen LogP contribution is 2.37. The second-order valence-electron chi connectivity index (χ2n) is 5.03. The van der Waals surface area contributed by atoms with Crippen LogP contribution in [-0.4, -0.2) is 6.04 Å². The van der Waals surface area contributed by atoms with Gasteiger partial charge in [0, 0.05) is 6.04 Å². The van der Waals surface area contributed by atoms with Gasteiger partial charge in [0.1, 0.15) is 0 Å². The summed E-state index contributed by atoms with van der Waals surface area (Å²) in [6, 6.07) is 0.492. The van der Waals surface area contributed by atoms with Crippen molar-refractivity contribution in [3.05, 3.63) is 0 Å². The molecule has 78 valence electrons. The number of rotatable bonds is 3. The van der Waals surface area contributed by atoms with Gasteiger partial charge in [-0.3, -0.25) is 0 Å². The topological polar surface area (TPSA) is 26.0 Å². The van der Waals surface area contributed by atoms with E-state index in [1.54, 1.807) is 0 Å². The maximum absolute atomic E-state index is 6.02. The summed E-state index contributed by atoms with van der Waals surface area (Å²) in [6.45, 7) is 7.02. The Morgan fingerprint density at radius 2 is 2.00 bits per heavy atom. The molecule has 1 aliphatic carbocycles. The van der Waals surface area contributed by atoms with E-state index in [0.717, 1.165) is 17.8 Å². The average molecular weight is 183 g/mol. The van der Waals surface area contributed by atoms with E-state index in [1.807, 2.05) is 0 Å². The first kappa shape index (κ1) is 11.0. The van der Waals surface area contributed by atoms with Gasteiger partial charge in [0.15, 0.2) is 0 Å². The Morgan fingerprint density at radius 1 is 1.31 bits per heavy atom. The molecule has 1 aliphatic rings. The van der Waals surface area contributed by atoms with Crippen molar-refractivity contribution >= 4 is 0 Å². The van der Waals surface area contributed by atoms with Crippen LogP contribution in [0.25, 0.3) is 0 Å². The Hall–Kier alpha value is -0.0400. The number of hydrogen-bond donors (Lipinski definition) is 1. The fraction of sp³-hybridized carbons (Fsp3) is 1.00. The van der Waals surface area contributed by atoms with Crippen LogP contribution in [0.3, 0.4) is 0 Å². The smallest absolute Gasteiger partial charge is 0.00416 e. The van der Waals surface area contributed by atoms with Gasteiger partial charge in [0.25, 0.3) is 0 Å². The standard InChI is InChI=1S/C12H25N/c1-4-5-10-8-11(13)6-7-12(10)9(2)3/h9-12H,4-8,13H2,1-3H3. The maximum atomic E-state index is 6.02. The molecule has 0 aromatic heterocycles. The van der Waals surface area contributed by atoms with Crippen LogP contribution in [0.5, 0.6) is 0 Å². The summed E-state index contributed by atoms with van der Waals surface area (Å²) in [7, 11) is 0. The van der Waals surface area contributed by atoms with Crippen molar-refractivity contribution in [2.24, 2.45) is 23.5 Å². The molecule has 0 radical (unpaired) electrons. The number of nitrogens with two attached hydrogens (primary N) is 1. The predicted octanol–water partition coefficient (Wildman–Crippen LogP) is 3.19. The molecule has 0 aromatic rings. The molecule has 2 N–H and O–H groups in total. The Kier molecular flexibility index (Phi) is 4.24. The van der Waals surface area contributed by atoms with E-state index in [4.69, 9.17) is 5.73 Å².